The molecule has 1 aromatic heterocycles. The van der Waals surface area contributed by atoms with Crippen molar-refractivity contribution in [2.24, 2.45) is 0 Å². The van der Waals surface area contributed by atoms with Crippen molar-refractivity contribution in [2.75, 3.05) is 52.5 Å². The third-order valence-corrected chi connectivity index (χ3v) is 18.5. The Morgan fingerprint density at radius 1 is 0.438 bits per heavy atom. The van der Waals surface area contributed by atoms with Crippen LogP contribution >= 0.6 is 15.9 Å². The van der Waals surface area contributed by atoms with Gasteiger partial charge >= 0.3 is 47.8 Å². The minimum absolute atomic E-state index is 0. The molecule has 3 aromatic rings. The van der Waals surface area contributed by atoms with Gasteiger partial charge in [-0.2, -0.15) is 0 Å². The number of amides is 3. The van der Waals surface area contributed by atoms with Crippen molar-refractivity contribution in [3.8, 4) is 17.2 Å². The van der Waals surface area contributed by atoms with Crippen molar-refractivity contribution in [1.29, 1.82) is 0 Å². The molecule has 0 spiro atoms. The van der Waals surface area contributed by atoms with Crippen molar-refractivity contribution < 1.29 is 103 Å². The first-order chi connectivity index (χ1) is 45.6. The van der Waals surface area contributed by atoms with Gasteiger partial charge in [0.15, 0.2) is 22.3 Å². The summed E-state index contributed by atoms with van der Waals surface area (Å²) in [6, 6.07) is 13.0. The van der Waals surface area contributed by atoms with Gasteiger partial charge in [0.1, 0.15) is 23.7 Å². The largest absolute Gasteiger partial charge is 1.00 e. The fourth-order valence-corrected chi connectivity index (χ4v) is 12.5. The van der Waals surface area contributed by atoms with E-state index in [4.69, 9.17) is 32.8 Å². The summed E-state index contributed by atoms with van der Waals surface area (Å²) >= 11 is 3.26. The van der Waals surface area contributed by atoms with Gasteiger partial charge in [0.05, 0.1) is 41.6 Å². The zero-order valence-corrected chi connectivity index (χ0v) is 65.9. The van der Waals surface area contributed by atoms with Gasteiger partial charge in [0.25, 0.3) is 0 Å². The molecule has 3 unspecified atom stereocenters. The molecular formula is C73H124BrN3NaO16S2-. The van der Waals surface area contributed by atoms with Crippen molar-refractivity contribution in [2.45, 2.75) is 297 Å². The van der Waals surface area contributed by atoms with Gasteiger partial charge in [-0.05, 0) is 146 Å². The Labute approximate surface area is 611 Å². The van der Waals surface area contributed by atoms with Crippen LogP contribution in [0.5, 0.6) is 17.2 Å². The number of aryl methyl sites for hydroxylation is 2. The molecule has 23 heteroatoms. The average molecular weight is 1470 g/mol. The molecule has 0 aliphatic heterocycles. The van der Waals surface area contributed by atoms with Crippen LogP contribution in [0.25, 0.3) is 0 Å². The van der Waals surface area contributed by atoms with Crippen LogP contribution < -0.4 is 59.7 Å². The number of rotatable bonds is 53. The van der Waals surface area contributed by atoms with Crippen molar-refractivity contribution in [1.82, 2.24) is 16.0 Å². The van der Waals surface area contributed by atoms with Crippen LogP contribution in [0.3, 0.4) is 0 Å². The summed E-state index contributed by atoms with van der Waals surface area (Å²) in [6.45, 7) is 13.8. The maximum atomic E-state index is 12.4. The van der Waals surface area contributed by atoms with E-state index in [1.807, 2.05) is 18.2 Å². The fourth-order valence-electron chi connectivity index (χ4n) is 11.1. The predicted octanol–water partition coefficient (Wildman–Crippen LogP) is 17.0. The molecule has 19 nitrogen and oxygen atoms in total. The Kier molecular flexibility index (Phi) is 56.7. The van der Waals surface area contributed by atoms with Gasteiger partial charge in [-0.3, -0.25) is 0 Å². The molecule has 2 aromatic carbocycles. The molecule has 0 radical (unpaired) electrons. The van der Waals surface area contributed by atoms with Crippen LogP contribution in [0.4, 0.5) is 14.4 Å². The van der Waals surface area contributed by atoms with Crippen LogP contribution in [-0.4, -0.2) is 96.7 Å². The van der Waals surface area contributed by atoms with Crippen molar-refractivity contribution in [3.63, 3.8) is 0 Å². The third-order valence-electron chi connectivity index (χ3n) is 16.5. The van der Waals surface area contributed by atoms with E-state index in [2.05, 4.69) is 73.4 Å². The minimum Gasteiger partial charge on any atom is -0.748 e. The summed E-state index contributed by atoms with van der Waals surface area (Å²) in [5.74, 6) is 1.52. The number of furan rings is 1. The number of carbonyl (C=O) groups excluding carboxylic acids is 3. The molecule has 0 aliphatic carbocycles. The number of unbranched alkanes of at least 4 members (excludes halogenated alkanes) is 28. The predicted molar refractivity (Wildman–Crippen MR) is 383 cm³/mol. The van der Waals surface area contributed by atoms with E-state index in [1.54, 1.807) is 45.6 Å². The second-order valence-corrected chi connectivity index (χ2v) is 28.7. The number of hydrogen-bond donors (Lipinski definition) is 3. The van der Waals surface area contributed by atoms with Gasteiger partial charge in [-0.1, -0.05) is 214 Å². The summed E-state index contributed by atoms with van der Waals surface area (Å²) in [5.41, 5.74) is 4.17. The van der Waals surface area contributed by atoms with Crippen LogP contribution in [0.15, 0.2) is 51.6 Å². The second kappa shape index (κ2) is 59.0. The molecular weight excluding hydrogens is 1340 g/mol. The molecule has 96 heavy (non-hydrogen) atoms. The number of carbonyl (C=O) groups is 3. The van der Waals surface area contributed by atoms with Crippen LogP contribution in [0.2, 0.25) is 0 Å². The number of hydrogen-bond acceptors (Lipinski definition) is 16. The smallest absolute Gasteiger partial charge is 0.748 e. The van der Waals surface area contributed by atoms with Gasteiger partial charge in [-0.25, -0.2) is 31.2 Å². The molecule has 3 amide bonds. The number of ether oxygens (including phenoxy) is 6. The average Bonchev–Trinajstić information content (AvgIpc) is 1.33. The fraction of sp³-hybridized carbons (Fsp3) is 0.740. The zero-order valence-electron chi connectivity index (χ0n) is 60.7. The van der Waals surface area contributed by atoms with E-state index >= 15 is 0 Å². The van der Waals surface area contributed by atoms with E-state index < -0.39 is 56.1 Å². The Morgan fingerprint density at radius 2 is 0.781 bits per heavy atom. The Balaban J connectivity index is 0.00000141. The van der Waals surface area contributed by atoms with E-state index in [0.717, 1.165) is 92.2 Å². The topological polar surface area (TPSA) is 270 Å². The zero-order chi connectivity index (χ0) is 70.4. The molecule has 0 aliphatic rings. The summed E-state index contributed by atoms with van der Waals surface area (Å²) in [7, 11) is -3.77. The van der Waals surface area contributed by atoms with Gasteiger partial charge in [-0.15, -0.1) is 0 Å². The maximum Gasteiger partial charge on any atom is 1.00 e. The maximum absolute atomic E-state index is 12.4. The number of nitrogens with one attached hydrogen (secondary N) is 3. The Bertz CT molecular complexity index is 2660. The summed E-state index contributed by atoms with van der Waals surface area (Å²) < 4.78 is 103. The van der Waals surface area contributed by atoms with Gasteiger partial charge in [0, 0.05) is 31.1 Å². The molecule has 1 heterocycles. The monoisotopic (exact) mass is 1460 g/mol. The first-order valence-electron chi connectivity index (χ1n) is 36.0. The minimum atomic E-state index is -4.30. The normalized spacial score (nSPS) is 12.1. The van der Waals surface area contributed by atoms with Crippen molar-refractivity contribution >= 4 is 54.4 Å². The van der Waals surface area contributed by atoms with E-state index in [1.165, 1.54) is 148 Å². The molecule has 0 fully saturated rings. The molecule has 0 saturated carbocycles. The van der Waals surface area contributed by atoms with Crippen LogP contribution in [0, 0.1) is 13.8 Å². The standard InChI is InChI=1S/C27H47NO3.C25H43NO7S.C21H36BrNO6S.Na/c1-6-8-10-11-12-13-14-15-16-17-18-25(31-27(29)28-19-9-7-2)26-22(3)20-24(30-5)21-23(26)4;1-4-5-6-7-8-9-10-11-12-13-15-22(21-16-17-23(31-2)24(20-21)32-3)33-25(27)26-18-14-19-34(28,29)30;1-2-3-4-5-6-7-8-9-10-11-13-18(19-14-15-20(22)28-19)29-21(24)23-16-12-17-30(25,26)27;/h20-21,25H,6-19H2,1-5H3,(H,28,29);16-17,20,22H,4-15,18-19H2,1-3H3,(H,26,27)(H,28,29,30);14-15,18H,2-13,16-17H2,1H3,(H,23,24)(H,25,26,27);/q;;;+1/p-2. The van der Waals surface area contributed by atoms with Gasteiger partial charge < -0.3 is 57.9 Å². The molecule has 3 N–H and O–H groups in total. The number of halogens is 1. The van der Waals surface area contributed by atoms with Crippen LogP contribution in [0.1, 0.15) is 312 Å². The first kappa shape index (κ1) is 92.2. The molecule has 3 rings (SSSR count). The molecule has 3 atom stereocenters. The second-order valence-electron chi connectivity index (χ2n) is 24.9. The SMILES string of the molecule is CCCCCCCCCCCCC(OC(=O)NCCCC)c1c(C)cc(OC)cc1C.CCCCCCCCCCCCC(OC(=O)NCCCS(=O)(=O)[O-])c1ccc(Br)o1.CCCCCCCCCCCCC(OC(=O)NCCCS(=O)(=O)[O-])c1ccc(OC)c(OC)c1.[Na+]. The van der Waals surface area contributed by atoms with E-state index in [9.17, 15) is 40.3 Å². The molecule has 548 valence electrons. The van der Waals surface area contributed by atoms with Crippen LogP contribution in [-0.2, 0) is 34.4 Å². The Hall–Kier alpha value is -3.77. The third kappa shape index (κ3) is 48.9. The van der Waals surface area contributed by atoms with E-state index in [-0.39, 0.29) is 67.7 Å². The first-order valence-corrected chi connectivity index (χ1v) is 39.9. The number of methoxy groups -OCH3 is 3. The van der Waals surface area contributed by atoms with E-state index in [0.29, 0.717) is 41.3 Å². The molecule has 0 saturated heterocycles. The summed E-state index contributed by atoms with van der Waals surface area (Å²) in [5, 5.41) is 7.91. The number of alkyl carbamates (subject to hydrolysis) is 3. The van der Waals surface area contributed by atoms with Gasteiger partial charge in [0.2, 0.25) is 0 Å². The van der Waals surface area contributed by atoms with Crippen molar-refractivity contribution in [3.05, 3.63) is 75.1 Å². The quantitative estimate of drug-likeness (QED) is 0.0205. The summed E-state index contributed by atoms with van der Waals surface area (Å²) in [6.07, 6.45) is 38.9. The Morgan fingerprint density at radius 3 is 1.14 bits per heavy atom. The number of benzene rings is 2. The summed E-state index contributed by atoms with van der Waals surface area (Å²) in [4.78, 5) is 36.7. The molecule has 0 bridgehead atoms.